The van der Waals surface area contributed by atoms with E-state index in [0.29, 0.717) is 0 Å². The van der Waals surface area contributed by atoms with Gasteiger partial charge in [0.2, 0.25) is 0 Å². The normalized spacial score (nSPS) is 19.6. The van der Waals surface area contributed by atoms with Crippen molar-refractivity contribution in [3.63, 3.8) is 0 Å². The van der Waals surface area contributed by atoms with E-state index in [1.54, 1.807) is 0 Å². The molecule has 0 aromatic heterocycles. The van der Waals surface area contributed by atoms with Gasteiger partial charge in [-0.15, -0.1) is 0 Å². The summed E-state index contributed by atoms with van der Waals surface area (Å²) in [6.07, 6.45) is 19.0. The highest BCUT2D eigenvalue weighted by Gasteiger charge is 2.01. The molecule has 2 rings (SSSR count). The van der Waals surface area contributed by atoms with Crippen molar-refractivity contribution in [1.29, 1.82) is 0 Å². The topological polar surface area (TPSA) is 0 Å². The average Bonchev–Trinajstić information content (AvgIpc) is 2.38. The Morgan fingerprint density at radius 3 is 2.54 bits per heavy atom. The van der Waals surface area contributed by atoms with Crippen LogP contribution in [-0.2, 0) is 0 Å². The third kappa shape index (κ3) is 1.78. The fraction of sp³-hybridized carbons (Fsp3) is 0.0769. The molecule has 0 fully saturated rings. The molecule has 0 amide bonds. The Bertz CT molecular complexity index is 382. The Kier molecular flexibility index (Phi) is 2.13. The Morgan fingerprint density at radius 2 is 1.62 bits per heavy atom. The predicted octanol–water partition coefficient (Wildman–Crippen LogP) is 3.48. The van der Waals surface area contributed by atoms with Crippen molar-refractivity contribution in [1.82, 2.24) is 0 Å². The number of allylic oxidation sites excluding steroid dienone is 12. The lowest BCUT2D eigenvalue weighted by Crippen LogP contribution is -1.80. The summed E-state index contributed by atoms with van der Waals surface area (Å²) in [5.74, 6) is 0. The van der Waals surface area contributed by atoms with E-state index in [4.69, 9.17) is 0 Å². The number of rotatable bonds is 0. The molecule has 0 nitrogen and oxygen atoms in total. The molecule has 0 aliphatic heterocycles. The molecule has 0 bridgehead atoms. The molecule has 13 heavy (non-hydrogen) atoms. The van der Waals surface area contributed by atoms with Crippen LogP contribution in [0.1, 0.15) is 6.92 Å². The van der Waals surface area contributed by atoms with Gasteiger partial charge in [0.25, 0.3) is 0 Å². The molecular weight excluding hydrogens is 156 g/mol. The summed E-state index contributed by atoms with van der Waals surface area (Å²) in [7, 11) is 0. The molecule has 0 spiro atoms. The molecule has 0 saturated heterocycles. The summed E-state index contributed by atoms with van der Waals surface area (Å²) in [4.78, 5) is 0. The Hall–Kier alpha value is -1.56. The van der Waals surface area contributed by atoms with Gasteiger partial charge < -0.3 is 0 Å². The van der Waals surface area contributed by atoms with Crippen LogP contribution in [-0.4, -0.2) is 0 Å². The third-order valence-corrected chi connectivity index (χ3v) is 2.13. The third-order valence-electron chi connectivity index (χ3n) is 2.13. The smallest absolute Gasteiger partial charge is 0.0181 e. The second kappa shape index (κ2) is 3.44. The van der Waals surface area contributed by atoms with Crippen LogP contribution < -0.4 is 0 Å². The molecule has 64 valence electrons. The molecule has 0 atom stereocenters. The van der Waals surface area contributed by atoms with E-state index >= 15 is 0 Å². The van der Waals surface area contributed by atoms with E-state index in [1.807, 2.05) is 0 Å². The first-order valence-corrected chi connectivity index (χ1v) is 4.48. The SMILES string of the molecule is CC1=CC=CC2=CC=CC=CC2=C1. The van der Waals surface area contributed by atoms with Gasteiger partial charge in [0.15, 0.2) is 0 Å². The molecule has 2 aliphatic carbocycles. The molecular formula is C13H12. The minimum atomic E-state index is 1.28. The number of hydrogen-bond acceptors (Lipinski definition) is 0. The van der Waals surface area contributed by atoms with E-state index in [0.717, 1.165) is 0 Å². The highest BCUT2D eigenvalue weighted by Crippen LogP contribution is 2.20. The number of fused-ring (bicyclic) bond motifs is 1. The lowest BCUT2D eigenvalue weighted by Gasteiger charge is -1.99. The zero-order valence-electron chi connectivity index (χ0n) is 7.70. The predicted molar refractivity (Wildman–Crippen MR) is 57.3 cm³/mol. The quantitative estimate of drug-likeness (QED) is 0.519. The van der Waals surface area contributed by atoms with Gasteiger partial charge in [0.1, 0.15) is 0 Å². The maximum atomic E-state index is 2.20. The van der Waals surface area contributed by atoms with Crippen LogP contribution >= 0.6 is 0 Å². The van der Waals surface area contributed by atoms with Crippen molar-refractivity contribution < 1.29 is 0 Å². The molecule has 0 saturated carbocycles. The van der Waals surface area contributed by atoms with Gasteiger partial charge in [0.05, 0.1) is 0 Å². The summed E-state index contributed by atoms with van der Waals surface area (Å²) in [5.41, 5.74) is 3.85. The molecule has 2 aliphatic rings. The second-order valence-corrected chi connectivity index (χ2v) is 3.24. The van der Waals surface area contributed by atoms with E-state index < -0.39 is 0 Å². The fourth-order valence-corrected chi connectivity index (χ4v) is 1.46. The van der Waals surface area contributed by atoms with E-state index in [9.17, 15) is 0 Å². The monoisotopic (exact) mass is 168 g/mol. The van der Waals surface area contributed by atoms with Crippen LogP contribution in [0.25, 0.3) is 0 Å². The minimum absolute atomic E-state index is 1.28. The van der Waals surface area contributed by atoms with Gasteiger partial charge in [-0.1, -0.05) is 60.3 Å². The average molecular weight is 168 g/mol. The van der Waals surface area contributed by atoms with Crippen molar-refractivity contribution in [3.05, 3.63) is 71.4 Å². The Balaban J connectivity index is 2.50. The maximum Gasteiger partial charge on any atom is -0.0181 e. The first-order valence-electron chi connectivity index (χ1n) is 4.48. The van der Waals surface area contributed by atoms with Gasteiger partial charge >= 0.3 is 0 Å². The zero-order chi connectivity index (χ0) is 9.10. The molecule has 0 heteroatoms. The highest BCUT2D eigenvalue weighted by atomic mass is 14.1. The largest absolute Gasteiger partial charge is 0.0622 e. The van der Waals surface area contributed by atoms with Crippen LogP contribution in [0.3, 0.4) is 0 Å². The summed E-state index contributed by atoms with van der Waals surface area (Å²) in [5, 5.41) is 0. The minimum Gasteiger partial charge on any atom is -0.0622 e. The van der Waals surface area contributed by atoms with Gasteiger partial charge in [0, 0.05) is 0 Å². The van der Waals surface area contributed by atoms with Crippen LogP contribution in [0.15, 0.2) is 71.4 Å². The lowest BCUT2D eigenvalue weighted by molar-refractivity contribution is 1.48. The summed E-state index contributed by atoms with van der Waals surface area (Å²) in [6, 6.07) is 0. The van der Waals surface area contributed by atoms with E-state index in [2.05, 4.69) is 61.6 Å². The van der Waals surface area contributed by atoms with Crippen molar-refractivity contribution >= 4 is 0 Å². The van der Waals surface area contributed by atoms with Gasteiger partial charge in [-0.2, -0.15) is 0 Å². The summed E-state index contributed by atoms with van der Waals surface area (Å²) >= 11 is 0. The molecule has 0 aromatic rings. The van der Waals surface area contributed by atoms with Crippen molar-refractivity contribution in [3.8, 4) is 0 Å². The number of hydrogen-bond donors (Lipinski definition) is 0. The van der Waals surface area contributed by atoms with Crippen LogP contribution in [0, 0.1) is 0 Å². The lowest BCUT2D eigenvalue weighted by atomic mass is 10.1. The summed E-state index contributed by atoms with van der Waals surface area (Å²) in [6.45, 7) is 2.12. The first-order chi connectivity index (χ1) is 6.36. The molecule has 0 radical (unpaired) electrons. The molecule has 0 N–H and O–H groups in total. The Morgan fingerprint density at radius 1 is 0.769 bits per heavy atom. The van der Waals surface area contributed by atoms with Crippen LogP contribution in [0.5, 0.6) is 0 Å². The standard InChI is InChI=1S/C13H12/c1-11-6-5-9-12-7-3-2-4-8-13(12)10-11/h2-10H,1H3. The van der Waals surface area contributed by atoms with E-state index in [1.165, 1.54) is 16.7 Å². The van der Waals surface area contributed by atoms with Crippen molar-refractivity contribution in [2.45, 2.75) is 6.92 Å². The molecule has 0 aromatic carbocycles. The van der Waals surface area contributed by atoms with Crippen molar-refractivity contribution in [2.75, 3.05) is 0 Å². The Labute approximate surface area is 79.0 Å². The maximum absolute atomic E-state index is 2.20. The van der Waals surface area contributed by atoms with Crippen molar-refractivity contribution in [2.24, 2.45) is 0 Å². The first kappa shape index (κ1) is 8.06. The van der Waals surface area contributed by atoms with Crippen LogP contribution in [0.2, 0.25) is 0 Å². The summed E-state index contributed by atoms with van der Waals surface area (Å²) < 4.78 is 0. The van der Waals surface area contributed by atoms with Gasteiger partial charge in [-0.05, 0) is 18.1 Å². The van der Waals surface area contributed by atoms with Crippen LogP contribution in [0.4, 0.5) is 0 Å². The highest BCUT2D eigenvalue weighted by molar-refractivity contribution is 5.55. The van der Waals surface area contributed by atoms with Gasteiger partial charge in [-0.3, -0.25) is 0 Å². The fourth-order valence-electron chi connectivity index (χ4n) is 1.46. The second-order valence-electron chi connectivity index (χ2n) is 3.24. The molecule has 0 heterocycles. The van der Waals surface area contributed by atoms with E-state index in [-0.39, 0.29) is 0 Å². The zero-order valence-corrected chi connectivity index (χ0v) is 7.70. The van der Waals surface area contributed by atoms with Gasteiger partial charge in [-0.25, -0.2) is 0 Å². The molecule has 0 unspecified atom stereocenters.